The van der Waals surface area contributed by atoms with Gasteiger partial charge in [-0.15, -0.1) is 0 Å². The molecule has 0 unspecified atom stereocenters. The molecular formula is C25H27N5O4. The number of hydrogen-bond acceptors (Lipinski definition) is 7. The number of aliphatic hydroxyl groups excluding tert-OH is 1. The number of morpholine rings is 1. The number of hydrogen-bond donors (Lipinski definition) is 1. The zero-order valence-electron chi connectivity index (χ0n) is 19.1. The van der Waals surface area contributed by atoms with E-state index < -0.39 is 17.7 Å². The molecule has 1 N–H and O–H groups in total. The number of fused-ring (bicyclic) bond motifs is 1. The summed E-state index contributed by atoms with van der Waals surface area (Å²) in [6, 6.07) is 8.38. The number of aromatic nitrogens is 3. The van der Waals surface area contributed by atoms with Crippen molar-refractivity contribution in [3.8, 4) is 0 Å². The van der Waals surface area contributed by atoms with Gasteiger partial charge in [-0.2, -0.15) is 0 Å². The smallest absolute Gasteiger partial charge is 0.295 e. The third kappa shape index (κ3) is 3.97. The third-order valence-electron chi connectivity index (χ3n) is 6.47. The summed E-state index contributed by atoms with van der Waals surface area (Å²) in [5.74, 6) is -1.50. The lowest BCUT2D eigenvalue weighted by Gasteiger charge is -2.29. The number of ketones is 1. The van der Waals surface area contributed by atoms with Crippen LogP contribution in [0.3, 0.4) is 0 Å². The molecule has 176 valence electrons. The van der Waals surface area contributed by atoms with E-state index in [1.807, 2.05) is 18.2 Å². The molecule has 0 aliphatic carbocycles. The van der Waals surface area contributed by atoms with Crippen LogP contribution >= 0.6 is 0 Å². The molecule has 9 heteroatoms. The second-order valence-electron chi connectivity index (χ2n) is 8.56. The van der Waals surface area contributed by atoms with Gasteiger partial charge in [-0.05, 0) is 43.2 Å². The normalized spacial score (nSPS) is 21.0. The number of Topliss-reactive ketones (excluding diaryl/α,β-unsaturated/α-hetero) is 1. The van der Waals surface area contributed by atoms with Crippen LogP contribution < -0.4 is 0 Å². The van der Waals surface area contributed by atoms with Crippen molar-refractivity contribution in [2.75, 3.05) is 39.4 Å². The Morgan fingerprint density at radius 3 is 2.65 bits per heavy atom. The predicted octanol–water partition coefficient (Wildman–Crippen LogP) is 2.18. The Labute approximate surface area is 197 Å². The van der Waals surface area contributed by atoms with Crippen molar-refractivity contribution in [3.63, 3.8) is 0 Å². The van der Waals surface area contributed by atoms with Gasteiger partial charge in [0.25, 0.3) is 11.7 Å². The number of aliphatic hydroxyl groups is 1. The minimum absolute atomic E-state index is 0.0799. The lowest BCUT2D eigenvalue weighted by molar-refractivity contribution is -0.140. The van der Waals surface area contributed by atoms with E-state index in [1.54, 1.807) is 46.9 Å². The van der Waals surface area contributed by atoms with E-state index in [0.717, 1.165) is 25.2 Å². The van der Waals surface area contributed by atoms with Crippen molar-refractivity contribution >= 4 is 23.1 Å². The van der Waals surface area contributed by atoms with Gasteiger partial charge < -0.3 is 14.7 Å². The molecule has 1 atom stereocenters. The number of imidazole rings is 1. The quantitative estimate of drug-likeness (QED) is 0.341. The first-order valence-corrected chi connectivity index (χ1v) is 11.5. The number of likely N-dealkylation sites (tertiary alicyclic amines) is 1. The van der Waals surface area contributed by atoms with Gasteiger partial charge in [0.05, 0.1) is 30.5 Å². The molecule has 9 nitrogen and oxygen atoms in total. The topological polar surface area (TPSA) is 100 Å². The first-order chi connectivity index (χ1) is 16.6. The number of ether oxygens (including phenoxy) is 1. The molecule has 1 amide bonds. The Morgan fingerprint density at radius 2 is 1.88 bits per heavy atom. The molecule has 0 spiro atoms. The van der Waals surface area contributed by atoms with Gasteiger partial charge in [0.2, 0.25) is 0 Å². The van der Waals surface area contributed by atoms with Crippen molar-refractivity contribution in [1.82, 2.24) is 24.2 Å². The molecule has 2 saturated heterocycles. The van der Waals surface area contributed by atoms with Crippen LogP contribution in [0.2, 0.25) is 0 Å². The molecule has 0 radical (unpaired) electrons. The Hall–Kier alpha value is -3.56. The fourth-order valence-electron chi connectivity index (χ4n) is 4.82. The minimum atomic E-state index is -0.693. The number of carbonyl (C=O) groups excluding carboxylic acids is 2. The molecule has 0 aromatic carbocycles. The number of carbonyl (C=O) groups is 2. The van der Waals surface area contributed by atoms with Crippen molar-refractivity contribution < 1.29 is 19.4 Å². The number of pyridine rings is 2. The summed E-state index contributed by atoms with van der Waals surface area (Å²) >= 11 is 0. The van der Waals surface area contributed by atoms with Crippen LogP contribution in [0.15, 0.2) is 54.5 Å². The van der Waals surface area contributed by atoms with Gasteiger partial charge in [-0.25, -0.2) is 4.98 Å². The molecule has 0 bridgehead atoms. The highest BCUT2D eigenvalue weighted by Gasteiger charge is 2.46. The highest BCUT2D eigenvalue weighted by molar-refractivity contribution is 6.46. The number of aryl methyl sites for hydroxylation is 1. The average Bonchev–Trinajstić information content (AvgIpc) is 3.33. The molecule has 0 saturated carbocycles. The molecule has 2 aliphatic heterocycles. The van der Waals surface area contributed by atoms with Gasteiger partial charge in [-0.1, -0.05) is 6.07 Å². The van der Waals surface area contributed by atoms with E-state index in [4.69, 9.17) is 4.74 Å². The van der Waals surface area contributed by atoms with Crippen LogP contribution in [-0.4, -0.2) is 80.4 Å². The van der Waals surface area contributed by atoms with E-state index in [2.05, 4.69) is 14.9 Å². The Morgan fingerprint density at radius 1 is 1.12 bits per heavy atom. The lowest BCUT2D eigenvalue weighted by atomic mass is 9.97. The standard InChI is InChI=1S/C25H27N5O4/c1-17-21(29-11-3-2-5-19(29)27-17)23(31)20-22(18-6-8-26-9-7-18)30(25(33)24(20)32)12-4-10-28-13-15-34-16-14-28/h2-3,5-9,11,22,31H,4,10,12-16H2,1H3/t22-/m1/s1. The zero-order chi connectivity index (χ0) is 23.7. The fourth-order valence-corrected chi connectivity index (χ4v) is 4.82. The van der Waals surface area contributed by atoms with Crippen LogP contribution in [0, 0.1) is 6.92 Å². The molecular weight excluding hydrogens is 434 g/mol. The predicted molar refractivity (Wildman–Crippen MR) is 125 cm³/mol. The van der Waals surface area contributed by atoms with Gasteiger partial charge in [0.1, 0.15) is 11.3 Å². The molecule has 34 heavy (non-hydrogen) atoms. The summed E-state index contributed by atoms with van der Waals surface area (Å²) in [5.41, 5.74) is 2.46. The zero-order valence-corrected chi connectivity index (χ0v) is 19.1. The maximum Gasteiger partial charge on any atom is 0.295 e. The van der Waals surface area contributed by atoms with E-state index in [-0.39, 0.29) is 11.3 Å². The van der Waals surface area contributed by atoms with Crippen molar-refractivity contribution in [1.29, 1.82) is 0 Å². The Kier molecular flexibility index (Phi) is 6.12. The van der Waals surface area contributed by atoms with E-state index in [1.165, 1.54) is 0 Å². The van der Waals surface area contributed by atoms with Crippen molar-refractivity contribution in [2.45, 2.75) is 19.4 Å². The molecule has 5 heterocycles. The summed E-state index contributed by atoms with van der Waals surface area (Å²) in [7, 11) is 0. The largest absolute Gasteiger partial charge is 0.505 e. The van der Waals surface area contributed by atoms with E-state index >= 15 is 0 Å². The molecule has 3 aromatic heterocycles. The molecule has 5 rings (SSSR count). The maximum atomic E-state index is 13.3. The maximum absolute atomic E-state index is 13.3. The fraction of sp³-hybridized carbons (Fsp3) is 0.360. The molecule has 3 aromatic rings. The van der Waals surface area contributed by atoms with Gasteiger partial charge in [0.15, 0.2) is 5.76 Å². The summed E-state index contributed by atoms with van der Waals surface area (Å²) < 4.78 is 7.14. The van der Waals surface area contributed by atoms with Crippen LogP contribution in [0.4, 0.5) is 0 Å². The molecule has 2 aliphatic rings. The Balaban J connectivity index is 1.53. The third-order valence-corrected chi connectivity index (χ3v) is 6.47. The SMILES string of the molecule is Cc1nc2ccccn2c1C(O)=C1C(=O)C(=O)N(CCCN2CCOCC2)[C@@H]1c1ccncc1. The lowest BCUT2D eigenvalue weighted by Crippen LogP contribution is -2.38. The number of nitrogens with zero attached hydrogens (tertiary/aromatic N) is 5. The van der Waals surface area contributed by atoms with Gasteiger partial charge in [-0.3, -0.25) is 23.9 Å². The van der Waals surface area contributed by atoms with E-state index in [0.29, 0.717) is 43.2 Å². The monoisotopic (exact) mass is 461 g/mol. The molecule has 2 fully saturated rings. The first kappa shape index (κ1) is 22.2. The summed E-state index contributed by atoms with van der Waals surface area (Å²) in [6.45, 7) is 6.13. The summed E-state index contributed by atoms with van der Waals surface area (Å²) in [4.78, 5) is 38.9. The highest BCUT2D eigenvalue weighted by atomic mass is 16.5. The summed E-state index contributed by atoms with van der Waals surface area (Å²) in [5, 5.41) is 11.4. The minimum Gasteiger partial charge on any atom is -0.505 e. The van der Waals surface area contributed by atoms with Gasteiger partial charge in [0, 0.05) is 44.8 Å². The first-order valence-electron chi connectivity index (χ1n) is 11.5. The second kappa shape index (κ2) is 9.36. The number of rotatable bonds is 6. The van der Waals surface area contributed by atoms with Crippen molar-refractivity contribution in [3.05, 3.63) is 71.4 Å². The second-order valence-corrected chi connectivity index (χ2v) is 8.56. The van der Waals surface area contributed by atoms with Crippen LogP contribution in [0.25, 0.3) is 11.4 Å². The van der Waals surface area contributed by atoms with E-state index in [9.17, 15) is 14.7 Å². The Bertz CT molecular complexity index is 1250. The van der Waals surface area contributed by atoms with Gasteiger partial charge >= 0.3 is 0 Å². The van der Waals surface area contributed by atoms with Crippen LogP contribution in [-0.2, 0) is 14.3 Å². The number of amides is 1. The highest BCUT2D eigenvalue weighted by Crippen LogP contribution is 2.39. The van der Waals surface area contributed by atoms with Crippen LogP contribution in [0.5, 0.6) is 0 Å². The average molecular weight is 462 g/mol. The summed E-state index contributed by atoms with van der Waals surface area (Å²) in [6.07, 6.45) is 5.75. The van der Waals surface area contributed by atoms with Crippen molar-refractivity contribution in [2.24, 2.45) is 0 Å². The van der Waals surface area contributed by atoms with Crippen LogP contribution in [0.1, 0.15) is 29.4 Å².